The Hall–Kier alpha value is -0.420. The van der Waals surface area contributed by atoms with Crippen LogP contribution in [-0.2, 0) is 4.74 Å². The third kappa shape index (κ3) is 5.17. The minimum Gasteiger partial charge on any atom is -0.389 e. The van der Waals surface area contributed by atoms with Crippen LogP contribution in [0.25, 0.3) is 0 Å². The second-order valence-electron chi connectivity index (χ2n) is 6.01. The molecule has 1 aromatic rings. The molecule has 20 heavy (non-hydrogen) atoms. The number of hydrogen-bond donors (Lipinski definition) is 2. The molecule has 2 atom stereocenters. The highest BCUT2D eigenvalue weighted by molar-refractivity contribution is 7.10. The first-order valence-corrected chi connectivity index (χ1v) is 8.59. The van der Waals surface area contributed by atoms with Gasteiger partial charge in [0.25, 0.3) is 0 Å². The molecular weight excluding hydrogens is 270 g/mol. The summed E-state index contributed by atoms with van der Waals surface area (Å²) in [5.41, 5.74) is 0. The van der Waals surface area contributed by atoms with Crippen molar-refractivity contribution in [3.8, 4) is 0 Å². The van der Waals surface area contributed by atoms with Crippen LogP contribution in [0.1, 0.15) is 50.4 Å². The monoisotopic (exact) mass is 297 g/mol. The Bertz CT molecular complexity index is 361. The van der Waals surface area contributed by atoms with Gasteiger partial charge in [-0.3, -0.25) is 0 Å². The minimum absolute atomic E-state index is 0.292. The molecule has 0 aliphatic heterocycles. The van der Waals surface area contributed by atoms with E-state index in [0.717, 1.165) is 18.8 Å². The summed E-state index contributed by atoms with van der Waals surface area (Å²) in [6, 6.07) is 4.47. The van der Waals surface area contributed by atoms with E-state index in [2.05, 4.69) is 36.7 Å². The number of aliphatic hydroxyl groups is 1. The largest absolute Gasteiger partial charge is 0.389 e. The van der Waals surface area contributed by atoms with E-state index in [1.165, 1.54) is 17.7 Å². The summed E-state index contributed by atoms with van der Waals surface area (Å²) in [6.07, 6.45) is 4.75. The highest BCUT2D eigenvalue weighted by atomic mass is 32.1. The van der Waals surface area contributed by atoms with Crippen LogP contribution in [0.5, 0.6) is 0 Å². The van der Waals surface area contributed by atoms with E-state index in [9.17, 15) is 5.11 Å². The lowest BCUT2D eigenvalue weighted by atomic mass is 9.89. The van der Waals surface area contributed by atoms with Crippen LogP contribution in [0.2, 0.25) is 0 Å². The molecule has 1 aromatic heterocycles. The molecule has 1 aliphatic carbocycles. The maximum absolute atomic E-state index is 9.99. The number of nitrogens with one attached hydrogen (secondary N) is 1. The van der Waals surface area contributed by atoms with Crippen LogP contribution in [0, 0.1) is 5.92 Å². The van der Waals surface area contributed by atoms with Gasteiger partial charge in [0.1, 0.15) is 0 Å². The molecule has 2 rings (SSSR count). The van der Waals surface area contributed by atoms with Crippen molar-refractivity contribution in [2.75, 3.05) is 13.2 Å². The maximum Gasteiger partial charge on any atom is 0.0898 e. The highest BCUT2D eigenvalue weighted by Gasteiger charge is 2.19. The molecule has 0 saturated heterocycles. The minimum atomic E-state index is -0.420. The summed E-state index contributed by atoms with van der Waals surface area (Å²) in [6.45, 7) is 5.47. The Morgan fingerprint density at radius 1 is 1.40 bits per heavy atom. The van der Waals surface area contributed by atoms with Crippen molar-refractivity contribution in [1.29, 1.82) is 0 Å². The SMILES string of the molecule is CC1CCC(OCC(O)CN[C@H](C)c2cccs2)CC1. The predicted molar refractivity (Wildman–Crippen MR) is 84.1 cm³/mol. The Labute approximate surface area is 126 Å². The molecule has 0 bridgehead atoms. The molecule has 1 unspecified atom stereocenters. The Morgan fingerprint density at radius 3 is 2.80 bits per heavy atom. The zero-order valence-electron chi connectivity index (χ0n) is 12.5. The predicted octanol–water partition coefficient (Wildman–Crippen LogP) is 3.35. The van der Waals surface area contributed by atoms with Crippen molar-refractivity contribution in [3.63, 3.8) is 0 Å². The second-order valence-corrected chi connectivity index (χ2v) is 6.99. The van der Waals surface area contributed by atoms with Crippen molar-refractivity contribution in [2.45, 2.75) is 57.8 Å². The normalized spacial score (nSPS) is 26.4. The molecule has 2 N–H and O–H groups in total. The zero-order valence-corrected chi connectivity index (χ0v) is 13.4. The molecule has 0 spiro atoms. The van der Waals surface area contributed by atoms with Gasteiger partial charge < -0.3 is 15.2 Å². The van der Waals surface area contributed by atoms with E-state index in [1.807, 2.05) is 0 Å². The Kier molecular flexibility index (Phi) is 6.49. The van der Waals surface area contributed by atoms with Gasteiger partial charge in [0.05, 0.1) is 18.8 Å². The van der Waals surface area contributed by atoms with Gasteiger partial charge in [-0.05, 0) is 50.0 Å². The average Bonchev–Trinajstić information content (AvgIpc) is 2.98. The quantitative estimate of drug-likeness (QED) is 0.811. The summed E-state index contributed by atoms with van der Waals surface area (Å²) >= 11 is 1.74. The fourth-order valence-corrected chi connectivity index (χ4v) is 3.41. The molecule has 0 radical (unpaired) electrons. The van der Waals surface area contributed by atoms with Crippen LogP contribution < -0.4 is 5.32 Å². The third-order valence-corrected chi connectivity index (χ3v) is 5.17. The molecular formula is C16H27NO2S. The van der Waals surface area contributed by atoms with E-state index in [4.69, 9.17) is 4.74 Å². The van der Waals surface area contributed by atoms with Gasteiger partial charge in [0.2, 0.25) is 0 Å². The van der Waals surface area contributed by atoms with E-state index in [-0.39, 0.29) is 0 Å². The Balaban J connectivity index is 1.59. The van der Waals surface area contributed by atoms with E-state index < -0.39 is 6.10 Å². The van der Waals surface area contributed by atoms with Crippen molar-refractivity contribution >= 4 is 11.3 Å². The highest BCUT2D eigenvalue weighted by Crippen LogP contribution is 2.25. The number of thiophene rings is 1. The molecule has 114 valence electrons. The molecule has 1 aliphatic rings. The van der Waals surface area contributed by atoms with Crippen molar-refractivity contribution < 1.29 is 9.84 Å². The first-order chi connectivity index (χ1) is 9.65. The molecule has 0 aromatic carbocycles. The molecule has 4 heteroatoms. The summed E-state index contributed by atoms with van der Waals surface area (Å²) in [7, 11) is 0. The standard InChI is InChI=1S/C16H27NO2S/c1-12-5-7-15(8-6-12)19-11-14(18)10-17-13(2)16-4-3-9-20-16/h3-4,9,12-15,17-18H,5-8,10-11H2,1-2H3/t12?,13-,14?,15?/m1/s1. The molecule has 0 amide bonds. The smallest absolute Gasteiger partial charge is 0.0898 e. The summed E-state index contributed by atoms with van der Waals surface area (Å²) in [5, 5.41) is 15.4. The van der Waals surface area contributed by atoms with Crippen molar-refractivity contribution in [1.82, 2.24) is 5.32 Å². The van der Waals surface area contributed by atoms with E-state index in [1.54, 1.807) is 11.3 Å². The van der Waals surface area contributed by atoms with Gasteiger partial charge in [-0.15, -0.1) is 11.3 Å². The second kappa shape index (κ2) is 8.13. The third-order valence-electron chi connectivity index (χ3n) is 4.12. The van der Waals surface area contributed by atoms with Gasteiger partial charge >= 0.3 is 0 Å². The van der Waals surface area contributed by atoms with Crippen LogP contribution in [0.4, 0.5) is 0 Å². The summed E-state index contributed by atoms with van der Waals surface area (Å²) < 4.78 is 5.83. The number of aliphatic hydroxyl groups excluding tert-OH is 1. The fourth-order valence-electron chi connectivity index (χ4n) is 2.65. The maximum atomic E-state index is 9.99. The van der Waals surface area contributed by atoms with Crippen molar-refractivity contribution in [2.24, 2.45) is 5.92 Å². The number of rotatable bonds is 7. The molecule has 1 saturated carbocycles. The van der Waals surface area contributed by atoms with Gasteiger partial charge in [0, 0.05) is 17.5 Å². The van der Waals surface area contributed by atoms with Crippen LogP contribution in [0.15, 0.2) is 17.5 Å². The van der Waals surface area contributed by atoms with Crippen molar-refractivity contribution in [3.05, 3.63) is 22.4 Å². The number of hydrogen-bond acceptors (Lipinski definition) is 4. The lowest BCUT2D eigenvalue weighted by molar-refractivity contribution is -0.0282. The zero-order chi connectivity index (χ0) is 14.4. The van der Waals surface area contributed by atoms with E-state index >= 15 is 0 Å². The fraction of sp³-hybridized carbons (Fsp3) is 0.750. The first kappa shape index (κ1) is 16.0. The van der Waals surface area contributed by atoms with Crippen LogP contribution in [-0.4, -0.2) is 30.5 Å². The van der Waals surface area contributed by atoms with Gasteiger partial charge in [-0.1, -0.05) is 13.0 Å². The van der Waals surface area contributed by atoms with Gasteiger partial charge in [-0.25, -0.2) is 0 Å². The lowest BCUT2D eigenvalue weighted by Gasteiger charge is -2.27. The van der Waals surface area contributed by atoms with Crippen LogP contribution in [0.3, 0.4) is 0 Å². The van der Waals surface area contributed by atoms with E-state index in [0.29, 0.717) is 25.3 Å². The summed E-state index contributed by atoms with van der Waals surface area (Å²) in [5.74, 6) is 0.841. The first-order valence-electron chi connectivity index (χ1n) is 7.71. The van der Waals surface area contributed by atoms with Gasteiger partial charge in [0.15, 0.2) is 0 Å². The molecule has 1 heterocycles. The molecule has 1 fully saturated rings. The Morgan fingerprint density at radius 2 is 2.15 bits per heavy atom. The lowest BCUT2D eigenvalue weighted by Crippen LogP contribution is -2.34. The topological polar surface area (TPSA) is 41.5 Å². The molecule has 3 nitrogen and oxygen atoms in total. The average molecular weight is 297 g/mol. The van der Waals surface area contributed by atoms with Gasteiger partial charge in [-0.2, -0.15) is 0 Å². The summed E-state index contributed by atoms with van der Waals surface area (Å²) in [4.78, 5) is 1.30. The van der Waals surface area contributed by atoms with Crippen LogP contribution >= 0.6 is 11.3 Å². The number of ether oxygens (including phenoxy) is 1.